The van der Waals surface area contributed by atoms with Crippen molar-refractivity contribution in [1.82, 2.24) is 0 Å². The van der Waals surface area contributed by atoms with Gasteiger partial charge in [-0.05, 0) is 12.8 Å². The van der Waals surface area contributed by atoms with Gasteiger partial charge in [0, 0.05) is 12.8 Å². The molecule has 0 N–H and O–H groups in total. The van der Waals surface area contributed by atoms with Gasteiger partial charge in [-0.3, -0.25) is 14.2 Å². The van der Waals surface area contributed by atoms with Crippen LogP contribution in [0.4, 0.5) is 0 Å². The lowest BCUT2D eigenvalue weighted by molar-refractivity contribution is -0.870. The van der Waals surface area contributed by atoms with Gasteiger partial charge in [0.05, 0.1) is 27.7 Å². The van der Waals surface area contributed by atoms with Crippen molar-refractivity contribution >= 4 is 19.8 Å². The van der Waals surface area contributed by atoms with Gasteiger partial charge in [-0.15, -0.1) is 0 Å². The number of carbonyl (C=O) groups is 2. The molecular formula is C58H116NO8P. The van der Waals surface area contributed by atoms with Crippen LogP contribution in [0.25, 0.3) is 0 Å². The van der Waals surface area contributed by atoms with E-state index in [2.05, 4.69) is 13.8 Å². The number of phosphoric acid groups is 1. The third-order valence-electron chi connectivity index (χ3n) is 13.6. The van der Waals surface area contributed by atoms with E-state index in [1.165, 1.54) is 244 Å². The normalized spacial score (nSPS) is 13.2. The van der Waals surface area contributed by atoms with Crippen LogP contribution in [0.5, 0.6) is 0 Å². The molecule has 10 heteroatoms. The molecule has 0 aromatic rings. The molecule has 406 valence electrons. The first kappa shape index (κ1) is 67.0. The predicted molar refractivity (Wildman–Crippen MR) is 287 cm³/mol. The van der Waals surface area contributed by atoms with Gasteiger partial charge in [0.1, 0.15) is 19.8 Å². The Hall–Kier alpha value is -0.990. The molecule has 0 saturated heterocycles. The first-order chi connectivity index (χ1) is 33.0. The molecule has 0 fully saturated rings. The lowest BCUT2D eigenvalue weighted by atomic mass is 10.0. The molecular weight excluding hydrogens is 870 g/mol. The highest BCUT2D eigenvalue weighted by Gasteiger charge is 2.22. The van der Waals surface area contributed by atoms with Gasteiger partial charge in [0.2, 0.25) is 0 Å². The molecule has 0 aliphatic rings. The van der Waals surface area contributed by atoms with E-state index in [0.717, 1.165) is 32.1 Å². The largest absolute Gasteiger partial charge is 0.756 e. The van der Waals surface area contributed by atoms with E-state index in [1.54, 1.807) is 0 Å². The molecule has 0 aromatic heterocycles. The van der Waals surface area contributed by atoms with E-state index in [1.807, 2.05) is 21.1 Å². The van der Waals surface area contributed by atoms with Crippen LogP contribution in [0.15, 0.2) is 0 Å². The van der Waals surface area contributed by atoms with Crippen molar-refractivity contribution in [3.05, 3.63) is 0 Å². The number of nitrogens with zero attached hydrogens (tertiary/aromatic N) is 1. The maximum absolute atomic E-state index is 12.7. The highest BCUT2D eigenvalue weighted by atomic mass is 31.2. The summed E-state index contributed by atoms with van der Waals surface area (Å²) in [5, 5.41) is 0. The maximum atomic E-state index is 12.7. The van der Waals surface area contributed by atoms with Gasteiger partial charge in [0.15, 0.2) is 6.10 Å². The van der Waals surface area contributed by atoms with Crippen molar-refractivity contribution in [2.24, 2.45) is 0 Å². The molecule has 0 spiro atoms. The Labute approximate surface area is 423 Å². The van der Waals surface area contributed by atoms with Gasteiger partial charge < -0.3 is 27.9 Å². The molecule has 9 nitrogen and oxygen atoms in total. The summed E-state index contributed by atoms with van der Waals surface area (Å²) in [4.78, 5) is 37.5. The second kappa shape index (κ2) is 50.9. The third kappa shape index (κ3) is 54.3. The highest BCUT2D eigenvalue weighted by Crippen LogP contribution is 2.38. The Morgan fingerprint density at radius 2 is 0.662 bits per heavy atom. The monoisotopic (exact) mass is 986 g/mol. The molecule has 0 bridgehead atoms. The lowest BCUT2D eigenvalue weighted by Gasteiger charge is -2.28. The summed E-state index contributed by atoms with van der Waals surface area (Å²) in [5.41, 5.74) is 0. The smallest absolute Gasteiger partial charge is 0.306 e. The van der Waals surface area contributed by atoms with E-state index >= 15 is 0 Å². The minimum absolute atomic E-state index is 0.0259. The van der Waals surface area contributed by atoms with Crippen molar-refractivity contribution in [3.63, 3.8) is 0 Å². The number of rotatable bonds is 56. The van der Waals surface area contributed by atoms with E-state index < -0.39 is 26.5 Å². The standard InChI is InChI=1S/C58H116NO8P/c1-6-8-10-12-14-15-16-17-18-19-20-21-22-23-24-25-26-27-28-29-30-31-32-33-34-35-36-37-38-39-40-41-42-43-45-47-49-51-58(61)67-56(55-66-68(62,63)65-53-52-59(3,4)5)54-64-57(60)50-48-46-44-13-11-9-7-2/h56H,6-55H2,1-5H3. The summed E-state index contributed by atoms with van der Waals surface area (Å²) in [7, 11) is 1.18. The van der Waals surface area contributed by atoms with Crippen molar-refractivity contribution in [1.29, 1.82) is 0 Å². The molecule has 2 atom stereocenters. The Kier molecular flexibility index (Phi) is 50.2. The number of likely N-dealkylation sites (N-methyl/N-ethyl adjacent to an activating group) is 1. The summed E-state index contributed by atoms with van der Waals surface area (Å²) in [6.07, 6.45) is 58.0. The zero-order valence-corrected chi connectivity index (χ0v) is 47.0. The molecule has 68 heavy (non-hydrogen) atoms. The van der Waals surface area contributed by atoms with E-state index in [-0.39, 0.29) is 32.0 Å². The molecule has 0 aliphatic carbocycles. The molecule has 0 aromatic carbocycles. The Balaban J connectivity index is 3.74. The number of quaternary nitrogens is 1. The fraction of sp³-hybridized carbons (Fsp3) is 0.966. The molecule has 0 radical (unpaired) electrons. The molecule has 2 unspecified atom stereocenters. The predicted octanol–water partition coefficient (Wildman–Crippen LogP) is 17.6. The van der Waals surface area contributed by atoms with Crippen LogP contribution in [0.3, 0.4) is 0 Å². The Bertz CT molecular complexity index is 1120. The zero-order valence-electron chi connectivity index (χ0n) is 46.1. The van der Waals surface area contributed by atoms with Crippen molar-refractivity contribution in [2.75, 3.05) is 47.5 Å². The van der Waals surface area contributed by atoms with Crippen LogP contribution in [0.2, 0.25) is 0 Å². The molecule has 0 aliphatic heterocycles. The second-order valence-electron chi connectivity index (χ2n) is 21.7. The number of phosphoric ester groups is 1. The van der Waals surface area contributed by atoms with Crippen molar-refractivity contribution in [2.45, 2.75) is 315 Å². The van der Waals surface area contributed by atoms with E-state index in [0.29, 0.717) is 17.4 Å². The van der Waals surface area contributed by atoms with E-state index in [4.69, 9.17) is 18.5 Å². The van der Waals surface area contributed by atoms with Crippen LogP contribution < -0.4 is 4.89 Å². The first-order valence-corrected chi connectivity index (χ1v) is 31.2. The average molecular weight is 987 g/mol. The van der Waals surface area contributed by atoms with Crippen LogP contribution >= 0.6 is 7.82 Å². The van der Waals surface area contributed by atoms with Gasteiger partial charge >= 0.3 is 11.9 Å². The number of carbonyl (C=O) groups excluding carboxylic acids is 2. The summed E-state index contributed by atoms with van der Waals surface area (Å²) in [5.74, 6) is -0.823. The van der Waals surface area contributed by atoms with Crippen molar-refractivity contribution in [3.8, 4) is 0 Å². The lowest BCUT2D eigenvalue weighted by Crippen LogP contribution is -2.37. The van der Waals surface area contributed by atoms with Gasteiger partial charge in [0.25, 0.3) is 7.82 Å². The molecule has 0 rings (SSSR count). The summed E-state index contributed by atoms with van der Waals surface area (Å²) in [6, 6.07) is 0. The number of esters is 2. The maximum Gasteiger partial charge on any atom is 0.306 e. The first-order valence-electron chi connectivity index (χ1n) is 29.7. The fourth-order valence-corrected chi connectivity index (χ4v) is 9.74. The van der Waals surface area contributed by atoms with Gasteiger partial charge in [-0.1, -0.05) is 284 Å². The minimum atomic E-state index is -4.62. The minimum Gasteiger partial charge on any atom is -0.756 e. The fourth-order valence-electron chi connectivity index (χ4n) is 9.01. The Morgan fingerprint density at radius 1 is 0.397 bits per heavy atom. The van der Waals surface area contributed by atoms with Crippen LogP contribution in [0.1, 0.15) is 309 Å². The number of hydrogen-bond donors (Lipinski definition) is 0. The van der Waals surface area contributed by atoms with Crippen LogP contribution in [0, 0.1) is 0 Å². The highest BCUT2D eigenvalue weighted by molar-refractivity contribution is 7.45. The van der Waals surface area contributed by atoms with Gasteiger partial charge in [-0.2, -0.15) is 0 Å². The Morgan fingerprint density at radius 3 is 0.941 bits per heavy atom. The van der Waals surface area contributed by atoms with Crippen LogP contribution in [-0.2, 0) is 32.7 Å². The summed E-state index contributed by atoms with van der Waals surface area (Å²) >= 11 is 0. The molecule has 0 heterocycles. The zero-order chi connectivity index (χ0) is 49.9. The van der Waals surface area contributed by atoms with Gasteiger partial charge in [-0.25, -0.2) is 0 Å². The number of ether oxygens (including phenoxy) is 2. The van der Waals surface area contributed by atoms with E-state index in [9.17, 15) is 19.0 Å². The summed E-state index contributed by atoms with van der Waals surface area (Å²) in [6.45, 7) is 4.23. The number of unbranched alkanes of at least 4 members (excludes halogenated alkanes) is 42. The van der Waals surface area contributed by atoms with Crippen LogP contribution in [-0.4, -0.2) is 70.0 Å². The topological polar surface area (TPSA) is 111 Å². The second-order valence-corrected chi connectivity index (χ2v) is 23.1. The number of hydrogen-bond acceptors (Lipinski definition) is 8. The quantitative estimate of drug-likeness (QED) is 0.0256. The summed E-state index contributed by atoms with van der Waals surface area (Å²) < 4.78 is 33.9. The SMILES string of the molecule is CCCCCCCCCCCCCCCCCCCCCCCCCCCCCCCCCCCCCCCC(=O)OC(COC(=O)CCCCCCCCC)COP(=O)([O-])OCC[N+](C)(C)C. The van der Waals surface area contributed by atoms with Crippen molar-refractivity contribution < 1.29 is 42.1 Å². The average Bonchev–Trinajstić information content (AvgIpc) is 3.30. The molecule has 0 saturated carbocycles. The third-order valence-corrected chi connectivity index (χ3v) is 14.6. The molecule has 0 amide bonds.